The first-order valence-electron chi connectivity index (χ1n) is 10.9. The third-order valence-corrected chi connectivity index (χ3v) is 6.63. The molecule has 0 unspecified atom stereocenters. The SMILES string of the molecule is CC(C)c1ccc(Cc2nc3c(c4c2[nH]c2ccccc24)CCC(C)(C)C3)cc1. The van der Waals surface area contributed by atoms with E-state index in [9.17, 15) is 0 Å². The molecule has 0 radical (unpaired) electrons. The van der Waals surface area contributed by atoms with Gasteiger partial charge in [0, 0.05) is 28.4 Å². The van der Waals surface area contributed by atoms with Crippen molar-refractivity contribution >= 4 is 21.8 Å². The fourth-order valence-corrected chi connectivity index (χ4v) is 4.86. The third-order valence-electron chi connectivity index (χ3n) is 6.63. The lowest BCUT2D eigenvalue weighted by Crippen LogP contribution is -2.24. The van der Waals surface area contributed by atoms with E-state index in [1.54, 1.807) is 0 Å². The minimum absolute atomic E-state index is 0.329. The van der Waals surface area contributed by atoms with E-state index in [1.807, 2.05) is 0 Å². The van der Waals surface area contributed by atoms with Gasteiger partial charge in [0.1, 0.15) is 0 Å². The van der Waals surface area contributed by atoms with Gasteiger partial charge < -0.3 is 4.98 Å². The fraction of sp³-hybridized carbons (Fsp3) is 0.370. The lowest BCUT2D eigenvalue weighted by atomic mass is 9.75. The number of aromatic amines is 1. The summed E-state index contributed by atoms with van der Waals surface area (Å²) >= 11 is 0. The van der Waals surface area contributed by atoms with Crippen LogP contribution in [0.4, 0.5) is 0 Å². The lowest BCUT2D eigenvalue weighted by Gasteiger charge is -2.31. The molecule has 1 aliphatic rings. The Morgan fingerprint density at radius 2 is 1.79 bits per heavy atom. The minimum atomic E-state index is 0.329. The molecule has 1 aliphatic carbocycles. The molecule has 0 atom stereocenters. The van der Waals surface area contributed by atoms with Gasteiger partial charge in [-0.1, -0.05) is 70.2 Å². The quantitative estimate of drug-likeness (QED) is 0.408. The van der Waals surface area contributed by atoms with E-state index in [0.29, 0.717) is 11.3 Å². The zero-order chi connectivity index (χ0) is 20.2. The molecule has 5 rings (SSSR count). The molecule has 0 aliphatic heterocycles. The number of hydrogen-bond acceptors (Lipinski definition) is 1. The Hall–Kier alpha value is -2.61. The van der Waals surface area contributed by atoms with Crippen LogP contribution >= 0.6 is 0 Å². The van der Waals surface area contributed by atoms with Crippen LogP contribution in [-0.4, -0.2) is 9.97 Å². The van der Waals surface area contributed by atoms with E-state index in [-0.39, 0.29) is 0 Å². The maximum Gasteiger partial charge on any atom is 0.0691 e. The Morgan fingerprint density at radius 1 is 1.03 bits per heavy atom. The standard InChI is InChI=1S/C27H30N2/c1-17(2)19-11-9-18(10-12-19)15-23-26-25(20-7-5-6-8-22(20)29-26)21-13-14-27(3,4)16-24(21)28-23/h5-12,17,29H,13-16H2,1-4H3. The van der Waals surface area contributed by atoms with Crippen LogP contribution in [0.1, 0.15) is 68.1 Å². The Kier molecular flexibility index (Phi) is 4.27. The van der Waals surface area contributed by atoms with Crippen LogP contribution in [0.2, 0.25) is 0 Å². The highest BCUT2D eigenvalue weighted by atomic mass is 14.8. The van der Waals surface area contributed by atoms with Gasteiger partial charge in [0.2, 0.25) is 0 Å². The molecule has 2 aromatic heterocycles. The Labute approximate surface area is 173 Å². The highest BCUT2D eigenvalue weighted by Gasteiger charge is 2.29. The number of benzene rings is 2. The first kappa shape index (κ1) is 18.4. The molecule has 148 valence electrons. The van der Waals surface area contributed by atoms with E-state index >= 15 is 0 Å². The molecule has 0 bridgehead atoms. The van der Waals surface area contributed by atoms with Crippen molar-refractivity contribution < 1.29 is 0 Å². The van der Waals surface area contributed by atoms with Crippen molar-refractivity contribution in [3.8, 4) is 0 Å². The number of aryl methyl sites for hydroxylation is 1. The number of H-pyrrole nitrogens is 1. The zero-order valence-corrected chi connectivity index (χ0v) is 18.0. The highest BCUT2D eigenvalue weighted by molar-refractivity contribution is 6.10. The predicted molar refractivity (Wildman–Crippen MR) is 123 cm³/mol. The summed E-state index contributed by atoms with van der Waals surface area (Å²) in [6.45, 7) is 9.24. The van der Waals surface area contributed by atoms with E-state index in [4.69, 9.17) is 4.98 Å². The second kappa shape index (κ2) is 6.73. The van der Waals surface area contributed by atoms with Crippen LogP contribution in [0.5, 0.6) is 0 Å². The van der Waals surface area contributed by atoms with Gasteiger partial charge in [-0.25, -0.2) is 0 Å². The van der Waals surface area contributed by atoms with Gasteiger partial charge in [-0.05, 0) is 53.4 Å². The van der Waals surface area contributed by atoms with Crippen LogP contribution in [0.3, 0.4) is 0 Å². The van der Waals surface area contributed by atoms with Gasteiger partial charge in [-0.3, -0.25) is 4.98 Å². The molecule has 0 spiro atoms. The summed E-state index contributed by atoms with van der Waals surface area (Å²) in [5.41, 5.74) is 9.47. The fourth-order valence-electron chi connectivity index (χ4n) is 4.86. The molecule has 2 heteroatoms. The number of pyridine rings is 1. The summed E-state index contributed by atoms with van der Waals surface area (Å²) in [6, 6.07) is 17.8. The summed E-state index contributed by atoms with van der Waals surface area (Å²) < 4.78 is 0. The molecule has 0 saturated carbocycles. The molecule has 4 aromatic rings. The molecule has 0 saturated heterocycles. The number of nitrogens with zero attached hydrogens (tertiary/aromatic N) is 1. The largest absolute Gasteiger partial charge is 0.353 e. The van der Waals surface area contributed by atoms with Gasteiger partial charge >= 0.3 is 0 Å². The number of nitrogens with one attached hydrogen (secondary N) is 1. The lowest BCUT2D eigenvalue weighted by molar-refractivity contribution is 0.311. The number of hydrogen-bond donors (Lipinski definition) is 1. The molecule has 1 N–H and O–H groups in total. The number of aromatic nitrogens is 2. The summed E-state index contributed by atoms with van der Waals surface area (Å²) in [7, 11) is 0. The van der Waals surface area contributed by atoms with Crippen LogP contribution < -0.4 is 0 Å². The topological polar surface area (TPSA) is 28.7 Å². The van der Waals surface area contributed by atoms with Gasteiger partial charge in [0.15, 0.2) is 0 Å². The van der Waals surface area contributed by atoms with E-state index < -0.39 is 0 Å². The molecule has 2 nitrogen and oxygen atoms in total. The van der Waals surface area contributed by atoms with E-state index in [2.05, 4.69) is 81.2 Å². The first-order chi connectivity index (χ1) is 13.9. The maximum absolute atomic E-state index is 5.25. The average molecular weight is 383 g/mol. The van der Waals surface area contributed by atoms with Crippen molar-refractivity contribution in [3.63, 3.8) is 0 Å². The molecular weight excluding hydrogens is 352 g/mol. The zero-order valence-electron chi connectivity index (χ0n) is 18.0. The second-order valence-electron chi connectivity index (χ2n) is 9.82. The normalized spacial score (nSPS) is 15.9. The van der Waals surface area contributed by atoms with Crippen molar-refractivity contribution in [2.24, 2.45) is 5.41 Å². The minimum Gasteiger partial charge on any atom is -0.353 e. The Balaban J connectivity index is 1.68. The number of rotatable bonds is 3. The van der Waals surface area contributed by atoms with Gasteiger partial charge in [0.25, 0.3) is 0 Å². The second-order valence-corrected chi connectivity index (χ2v) is 9.82. The van der Waals surface area contributed by atoms with Crippen LogP contribution in [0.25, 0.3) is 21.8 Å². The molecule has 0 fully saturated rings. The molecule has 0 amide bonds. The number of fused-ring (bicyclic) bond motifs is 5. The maximum atomic E-state index is 5.25. The summed E-state index contributed by atoms with van der Waals surface area (Å²) in [5, 5.41) is 2.76. The smallest absolute Gasteiger partial charge is 0.0691 e. The Bertz CT molecular complexity index is 1190. The summed E-state index contributed by atoms with van der Waals surface area (Å²) in [5.74, 6) is 0.563. The van der Waals surface area contributed by atoms with E-state index in [1.165, 1.54) is 56.3 Å². The molecule has 2 aromatic carbocycles. The van der Waals surface area contributed by atoms with Crippen molar-refractivity contribution in [1.82, 2.24) is 9.97 Å². The van der Waals surface area contributed by atoms with E-state index in [0.717, 1.165) is 19.3 Å². The number of para-hydroxylation sites is 1. The van der Waals surface area contributed by atoms with Crippen LogP contribution in [0.15, 0.2) is 48.5 Å². The van der Waals surface area contributed by atoms with Gasteiger partial charge in [-0.15, -0.1) is 0 Å². The van der Waals surface area contributed by atoms with Gasteiger partial charge in [0.05, 0.1) is 11.2 Å². The monoisotopic (exact) mass is 382 g/mol. The van der Waals surface area contributed by atoms with Crippen molar-refractivity contribution in [2.75, 3.05) is 0 Å². The van der Waals surface area contributed by atoms with Crippen molar-refractivity contribution in [1.29, 1.82) is 0 Å². The third kappa shape index (κ3) is 3.25. The van der Waals surface area contributed by atoms with Crippen LogP contribution in [0, 0.1) is 5.41 Å². The Morgan fingerprint density at radius 3 is 2.55 bits per heavy atom. The summed E-state index contributed by atoms with van der Waals surface area (Å²) in [6.07, 6.45) is 4.29. The summed E-state index contributed by atoms with van der Waals surface area (Å²) in [4.78, 5) is 8.96. The predicted octanol–water partition coefficient (Wildman–Crippen LogP) is 6.95. The average Bonchev–Trinajstić information content (AvgIpc) is 3.08. The molecular formula is C27H30N2. The highest BCUT2D eigenvalue weighted by Crippen LogP contribution is 2.40. The van der Waals surface area contributed by atoms with Gasteiger partial charge in [-0.2, -0.15) is 0 Å². The van der Waals surface area contributed by atoms with Crippen molar-refractivity contribution in [3.05, 3.63) is 76.6 Å². The first-order valence-corrected chi connectivity index (χ1v) is 10.9. The van der Waals surface area contributed by atoms with Crippen LogP contribution in [-0.2, 0) is 19.3 Å². The molecule has 29 heavy (non-hydrogen) atoms. The molecule has 2 heterocycles. The van der Waals surface area contributed by atoms with Crippen molar-refractivity contribution in [2.45, 2.75) is 59.3 Å².